The molecule has 3 heteroatoms. The number of rotatable bonds is 4. The average molecular weight is 331 g/mol. The van der Waals surface area contributed by atoms with Gasteiger partial charge in [-0.25, -0.2) is 0 Å². The van der Waals surface area contributed by atoms with Crippen molar-refractivity contribution in [3.63, 3.8) is 0 Å². The molecule has 1 aliphatic carbocycles. The zero-order chi connectivity index (χ0) is 17.7. The summed E-state index contributed by atoms with van der Waals surface area (Å²) in [5, 5.41) is 0.0129. The van der Waals surface area contributed by atoms with Crippen molar-refractivity contribution < 1.29 is 4.65 Å². The van der Waals surface area contributed by atoms with Crippen LogP contribution in [0.15, 0.2) is 18.2 Å². The van der Waals surface area contributed by atoms with Crippen molar-refractivity contribution in [2.45, 2.75) is 89.8 Å². The molecule has 1 aromatic carbocycles. The van der Waals surface area contributed by atoms with Gasteiger partial charge < -0.3 is 4.65 Å². The van der Waals surface area contributed by atoms with Gasteiger partial charge in [-0.15, -0.1) is 9.24 Å². The Morgan fingerprint density at radius 2 is 1.48 bits per heavy atom. The first-order chi connectivity index (χ1) is 10.3. The summed E-state index contributed by atoms with van der Waals surface area (Å²) >= 11 is 0. The van der Waals surface area contributed by atoms with Crippen LogP contribution in [0.1, 0.15) is 79.4 Å². The molecule has 0 saturated carbocycles. The van der Waals surface area contributed by atoms with Crippen molar-refractivity contribution in [2.24, 2.45) is 0 Å². The molecule has 0 fully saturated rings. The molecule has 1 aliphatic rings. The normalized spacial score (nSPS) is 20.0. The Kier molecular flexibility index (Phi) is 4.86. The van der Waals surface area contributed by atoms with Crippen LogP contribution < -0.4 is 5.46 Å². The Morgan fingerprint density at radius 3 is 2.00 bits per heavy atom. The highest BCUT2D eigenvalue weighted by atomic mass is 31.0. The lowest BCUT2D eigenvalue weighted by atomic mass is 9.62. The van der Waals surface area contributed by atoms with Gasteiger partial charge in [0.2, 0.25) is 0 Å². The first-order valence-electron chi connectivity index (χ1n) is 8.71. The molecule has 23 heavy (non-hydrogen) atoms. The highest BCUT2D eigenvalue weighted by Gasteiger charge is 2.37. The van der Waals surface area contributed by atoms with E-state index in [9.17, 15) is 0 Å². The summed E-state index contributed by atoms with van der Waals surface area (Å²) < 4.78 is 6.15. The van der Waals surface area contributed by atoms with Crippen LogP contribution in [-0.2, 0) is 15.5 Å². The Morgan fingerprint density at radius 1 is 0.957 bits per heavy atom. The molecular weight excluding hydrogens is 298 g/mol. The maximum atomic E-state index is 6.15. The van der Waals surface area contributed by atoms with Crippen molar-refractivity contribution >= 4 is 22.2 Å². The molecule has 0 bridgehead atoms. The van der Waals surface area contributed by atoms with Crippen LogP contribution in [0.2, 0.25) is 0 Å². The number of benzene rings is 1. The Balaban J connectivity index is 2.28. The fraction of sp³-hybridized carbons (Fsp3) is 0.700. The number of hydrogen-bond acceptors (Lipinski definition) is 1. The lowest BCUT2D eigenvalue weighted by Crippen LogP contribution is -2.45. The van der Waals surface area contributed by atoms with Gasteiger partial charge in [-0.3, -0.25) is 0 Å². The summed E-state index contributed by atoms with van der Waals surface area (Å²) in [6, 6.07) is 6.85. The van der Waals surface area contributed by atoms with E-state index in [-0.39, 0.29) is 21.6 Å². The van der Waals surface area contributed by atoms with Gasteiger partial charge in [0.15, 0.2) is 0 Å². The zero-order valence-corrected chi connectivity index (χ0v) is 17.4. The minimum Gasteiger partial charge on any atom is -0.429 e. The smallest absolute Gasteiger partial charge is 0.330 e. The number of fused-ring (bicyclic) bond motifs is 1. The molecule has 1 nitrogen and oxygen atoms in total. The molecule has 2 rings (SSSR count). The van der Waals surface area contributed by atoms with Gasteiger partial charge in [-0.1, -0.05) is 65.2 Å². The first kappa shape index (κ1) is 19.0. The third-order valence-corrected chi connectivity index (χ3v) is 6.61. The summed E-state index contributed by atoms with van der Waals surface area (Å²) in [5.41, 5.74) is 4.42. The lowest BCUT2D eigenvalue weighted by Gasteiger charge is -2.42. The Labute approximate surface area is 146 Å². The number of hydrogen-bond donors (Lipinski definition) is 0. The minimum atomic E-state index is -0.234. The lowest BCUT2D eigenvalue weighted by molar-refractivity contribution is 0.0841. The van der Waals surface area contributed by atoms with Crippen molar-refractivity contribution in [3.8, 4) is 0 Å². The quantitative estimate of drug-likeness (QED) is 0.572. The van der Waals surface area contributed by atoms with E-state index in [1.165, 1.54) is 24.0 Å². The SMILES string of the molecule is CC1(C)CCC(C)(C)c2cc([B]OC(C)(C)C(C)(C)P)ccc21. The summed E-state index contributed by atoms with van der Waals surface area (Å²) in [6.07, 6.45) is 2.49. The maximum absolute atomic E-state index is 6.15. The third kappa shape index (κ3) is 3.85. The fourth-order valence-corrected chi connectivity index (χ4v) is 3.11. The summed E-state index contributed by atoms with van der Waals surface area (Å²) in [6.45, 7) is 18.1. The molecule has 1 atom stereocenters. The fourth-order valence-electron chi connectivity index (χ4n) is 3.05. The van der Waals surface area contributed by atoms with Crippen LogP contribution in [0.3, 0.4) is 0 Å². The monoisotopic (exact) mass is 331 g/mol. The minimum absolute atomic E-state index is 0.0129. The summed E-state index contributed by atoms with van der Waals surface area (Å²) in [4.78, 5) is 0. The zero-order valence-electron chi connectivity index (χ0n) is 16.2. The second-order valence-corrected chi connectivity index (χ2v) is 11.0. The van der Waals surface area contributed by atoms with Gasteiger partial charge in [-0.05, 0) is 48.6 Å². The predicted molar refractivity (Wildman–Crippen MR) is 106 cm³/mol. The molecule has 1 radical (unpaired) electrons. The Bertz CT molecular complexity index is 582. The van der Waals surface area contributed by atoms with E-state index >= 15 is 0 Å². The largest absolute Gasteiger partial charge is 0.429 e. The van der Waals surface area contributed by atoms with E-state index in [1.54, 1.807) is 0 Å². The summed E-state index contributed by atoms with van der Waals surface area (Å²) in [7, 11) is 4.82. The second kappa shape index (κ2) is 5.89. The molecule has 0 aromatic heterocycles. The Hall–Kier alpha value is -0.325. The third-order valence-electron chi connectivity index (χ3n) is 5.92. The van der Waals surface area contributed by atoms with E-state index in [4.69, 9.17) is 4.65 Å². The molecule has 0 N–H and O–H groups in total. The van der Waals surface area contributed by atoms with Crippen LogP contribution in [0.5, 0.6) is 0 Å². The first-order valence-corrected chi connectivity index (χ1v) is 9.29. The molecule has 127 valence electrons. The summed E-state index contributed by atoms with van der Waals surface area (Å²) in [5.74, 6) is 0. The van der Waals surface area contributed by atoms with E-state index < -0.39 is 0 Å². The van der Waals surface area contributed by atoms with Crippen LogP contribution in [0.4, 0.5) is 0 Å². The van der Waals surface area contributed by atoms with E-state index in [0.717, 1.165) is 5.46 Å². The van der Waals surface area contributed by atoms with Crippen molar-refractivity contribution in [3.05, 3.63) is 29.3 Å². The topological polar surface area (TPSA) is 9.23 Å². The predicted octanol–water partition coefficient (Wildman–Crippen LogP) is 4.73. The van der Waals surface area contributed by atoms with Crippen molar-refractivity contribution in [1.82, 2.24) is 0 Å². The van der Waals surface area contributed by atoms with Crippen LogP contribution in [-0.4, -0.2) is 18.2 Å². The van der Waals surface area contributed by atoms with Gasteiger partial charge in [0.1, 0.15) is 0 Å². The van der Waals surface area contributed by atoms with Crippen molar-refractivity contribution in [1.29, 1.82) is 0 Å². The standard InChI is InChI=1S/C20H33BOP/c1-17(2)11-12-18(3,4)16-13-14(9-10-15(16)17)21-22-19(5,6)20(7,8)23/h9-10,13H,11-12,23H2,1-8H3. The van der Waals surface area contributed by atoms with Crippen LogP contribution in [0, 0.1) is 0 Å². The molecule has 1 aromatic rings. The highest BCUT2D eigenvalue weighted by Crippen LogP contribution is 2.45. The molecule has 0 spiro atoms. The molecule has 0 amide bonds. The molecule has 0 aliphatic heterocycles. The van der Waals surface area contributed by atoms with E-state index in [2.05, 4.69) is 82.8 Å². The molecular formula is C20H33BOP. The second-order valence-electron chi connectivity index (χ2n) is 9.54. The average Bonchev–Trinajstić information content (AvgIpc) is 2.41. The van der Waals surface area contributed by atoms with E-state index in [0.29, 0.717) is 0 Å². The van der Waals surface area contributed by atoms with Crippen LogP contribution in [0.25, 0.3) is 0 Å². The van der Waals surface area contributed by atoms with Gasteiger partial charge >= 0.3 is 7.48 Å². The van der Waals surface area contributed by atoms with Crippen molar-refractivity contribution in [2.75, 3.05) is 0 Å². The van der Waals surface area contributed by atoms with Gasteiger partial charge in [0.25, 0.3) is 0 Å². The van der Waals surface area contributed by atoms with E-state index in [1.807, 2.05) is 7.48 Å². The van der Waals surface area contributed by atoms with Gasteiger partial charge in [-0.2, -0.15) is 0 Å². The van der Waals surface area contributed by atoms with Gasteiger partial charge in [0, 0.05) is 5.16 Å². The molecule has 0 saturated heterocycles. The highest BCUT2D eigenvalue weighted by molar-refractivity contribution is 7.19. The molecule has 0 heterocycles. The van der Waals surface area contributed by atoms with Crippen LogP contribution >= 0.6 is 9.24 Å². The maximum Gasteiger partial charge on any atom is 0.330 e. The van der Waals surface area contributed by atoms with Gasteiger partial charge in [0.05, 0.1) is 5.60 Å². The molecule has 1 unspecified atom stereocenters.